The molecule has 1 N–H and O–H groups in total. The highest BCUT2D eigenvalue weighted by Gasteiger charge is 2.37. The molecule has 2 aromatic rings. The number of hydrogen-bond donors (Lipinski definition) is 1. The molecule has 0 bridgehead atoms. The minimum atomic E-state index is -0.0799. The maximum Gasteiger partial charge on any atom is 0.230 e. The third-order valence-electron chi connectivity index (χ3n) is 5.50. The number of aromatic nitrogens is 1. The van der Waals surface area contributed by atoms with Crippen molar-refractivity contribution in [1.29, 1.82) is 0 Å². The van der Waals surface area contributed by atoms with Crippen LogP contribution in [-0.4, -0.2) is 53.4 Å². The highest BCUT2D eigenvalue weighted by molar-refractivity contribution is 9.10. The van der Waals surface area contributed by atoms with E-state index in [2.05, 4.69) is 63.6 Å². The van der Waals surface area contributed by atoms with Gasteiger partial charge in [-0.2, -0.15) is 0 Å². The molecule has 1 aliphatic heterocycles. The SMILES string of the molecule is CCN(CC)C(=O)[C@@H]1C=C2c3cccc4[nH]c(Br)c(c34)[CH]C2N(C)C1. The van der Waals surface area contributed by atoms with Gasteiger partial charge in [0.1, 0.15) is 0 Å². The Morgan fingerprint density at radius 2 is 2.12 bits per heavy atom. The standard InChI is InChI=1S/C20H23BrN3O/c1-4-24(5-2)20(25)12-9-14-13-7-6-8-16-18(13)15(19(21)22-16)10-17(14)23(3)11-12/h6-10,12,17,22H,4-5,11H2,1-3H3/t12-,17?/m1/s1. The summed E-state index contributed by atoms with van der Waals surface area (Å²) in [5.74, 6) is 0.153. The molecule has 1 aromatic heterocycles. The van der Waals surface area contributed by atoms with Crippen LogP contribution < -0.4 is 0 Å². The van der Waals surface area contributed by atoms with Crippen LogP contribution in [-0.2, 0) is 4.79 Å². The molecule has 1 amide bonds. The van der Waals surface area contributed by atoms with Gasteiger partial charge < -0.3 is 9.88 Å². The first kappa shape index (κ1) is 16.9. The number of rotatable bonds is 3. The number of H-pyrrole nitrogens is 1. The van der Waals surface area contributed by atoms with Gasteiger partial charge in [-0.1, -0.05) is 18.2 Å². The zero-order valence-corrected chi connectivity index (χ0v) is 16.4. The molecular weight excluding hydrogens is 378 g/mol. The summed E-state index contributed by atoms with van der Waals surface area (Å²) in [6.45, 7) is 6.37. The number of carbonyl (C=O) groups is 1. The summed E-state index contributed by atoms with van der Waals surface area (Å²) in [4.78, 5) is 20.5. The van der Waals surface area contributed by atoms with Gasteiger partial charge in [0.15, 0.2) is 0 Å². The van der Waals surface area contributed by atoms with Crippen molar-refractivity contribution in [1.82, 2.24) is 14.8 Å². The molecule has 25 heavy (non-hydrogen) atoms. The molecule has 1 radical (unpaired) electrons. The van der Waals surface area contributed by atoms with Crippen LogP contribution in [0.5, 0.6) is 0 Å². The molecule has 131 valence electrons. The summed E-state index contributed by atoms with van der Waals surface area (Å²) < 4.78 is 1.03. The van der Waals surface area contributed by atoms with Crippen LogP contribution in [0.4, 0.5) is 0 Å². The van der Waals surface area contributed by atoms with Gasteiger partial charge in [-0.25, -0.2) is 0 Å². The highest BCUT2D eigenvalue weighted by Crippen LogP contribution is 2.44. The average molecular weight is 401 g/mol. The number of likely N-dealkylation sites (N-methyl/N-ethyl adjacent to an activating group) is 1. The highest BCUT2D eigenvalue weighted by atomic mass is 79.9. The topological polar surface area (TPSA) is 39.3 Å². The van der Waals surface area contributed by atoms with E-state index in [1.807, 2.05) is 18.7 Å². The minimum Gasteiger partial charge on any atom is -0.349 e. The van der Waals surface area contributed by atoms with Crippen molar-refractivity contribution in [3.05, 3.63) is 46.4 Å². The number of benzene rings is 1. The number of nitrogens with zero attached hydrogens (tertiary/aromatic N) is 2. The summed E-state index contributed by atoms with van der Waals surface area (Å²) in [5, 5.41) is 1.25. The number of nitrogens with one attached hydrogen (secondary N) is 1. The lowest BCUT2D eigenvalue weighted by atomic mass is 9.79. The van der Waals surface area contributed by atoms with E-state index in [4.69, 9.17) is 0 Å². The largest absolute Gasteiger partial charge is 0.349 e. The fraction of sp³-hybridized carbons (Fsp3) is 0.400. The monoisotopic (exact) mass is 400 g/mol. The lowest BCUT2D eigenvalue weighted by Crippen LogP contribution is -2.47. The zero-order chi connectivity index (χ0) is 17.7. The Morgan fingerprint density at radius 3 is 2.84 bits per heavy atom. The molecule has 2 atom stereocenters. The molecule has 0 saturated carbocycles. The molecule has 1 unspecified atom stereocenters. The van der Waals surface area contributed by atoms with Crippen LogP contribution in [0.3, 0.4) is 0 Å². The first-order valence-electron chi connectivity index (χ1n) is 8.91. The second-order valence-electron chi connectivity index (χ2n) is 6.87. The molecule has 0 spiro atoms. The van der Waals surface area contributed by atoms with Crippen LogP contribution in [0.15, 0.2) is 28.9 Å². The molecule has 2 heterocycles. The van der Waals surface area contributed by atoms with Crippen molar-refractivity contribution >= 4 is 38.3 Å². The normalized spacial score (nSPS) is 22.6. The van der Waals surface area contributed by atoms with Crippen LogP contribution >= 0.6 is 15.9 Å². The molecule has 4 nitrogen and oxygen atoms in total. The Kier molecular flexibility index (Phi) is 4.24. The Hall–Kier alpha value is -1.59. The third-order valence-corrected chi connectivity index (χ3v) is 6.13. The Morgan fingerprint density at radius 1 is 1.36 bits per heavy atom. The van der Waals surface area contributed by atoms with E-state index in [1.54, 1.807) is 0 Å². The maximum absolute atomic E-state index is 12.9. The first-order valence-corrected chi connectivity index (χ1v) is 9.70. The minimum absolute atomic E-state index is 0.0799. The second-order valence-corrected chi connectivity index (χ2v) is 7.66. The van der Waals surface area contributed by atoms with Gasteiger partial charge in [0.05, 0.1) is 10.5 Å². The molecular formula is C20H23BrN3O. The molecule has 2 aliphatic rings. The maximum atomic E-state index is 12.9. The number of hydrogen-bond acceptors (Lipinski definition) is 2. The van der Waals surface area contributed by atoms with Crippen molar-refractivity contribution in [2.24, 2.45) is 5.92 Å². The van der Waals surface area contributed by atoms with Gasteiger partial charge in [0, 0.05) is 43.0 Å². The molecule has 1 aliphatic carbocycles. The first-order chi connectivity index (χ1) is 12.0. The zero-order valence-electron chi connectivity index (χ0n) is 14.8. The number of halogens is 1. The molecule has 4 rings (SSSR count). The van der Waals surface area contributed by atoms with E-state index in [9.17, 15) is 4.79 Å². The number of aromatic amines is 1. The number of fused-ring (bicyclic) bond motifs is 2. The Balaban J connectivity index is 1.83. The van der Waals surface area contributed by atoms with Crippen molar-refractivity contribution < 1.29 is 4.79 Å². The van der Waals surface area contributed by atoms with Gasteiger partial charge in [-0.05, 0) is 59.6 Å². The van der Waals surface area contributed by atoms with E-state index >= 15 is 0 Å². The predicted molar refractivity (Wildman–Crippen MR) is 105 cm³/mol. The summed E-state index contributed by atoms with van der Waals surface area (Å²) in [7, 11) is 2.11. The van der Waals surface area contributed by atoms with E-state index < -0.39 is 0 Å². The van der Waals surface area contributed by atoms with Gasteiger partial charge in [-0.3, -0.25) is 9.69 Å². The predicted octanol–water partition coefficient (Wildman–Crippen LogP) is 3.68. The van der Waals surface area contributed by atoms with Crippen LogP contribution in [0.1, 0.15) is 25.0 Å². The van der Waals surface area contributed by atoms with E-state index in [-0.39, 0.29) is 17.9 Å². The van der Waals surface area contributed by atoms with Gasteiger partial charge in [0.2, 0.25) is 5.91 Å². The van der Waals surface area contributed by atoms with Crippen molar-refractivity contribution in [2.75, 3.05) is 26.7 Å². The molecule has 5 heteroatoms. The smallest absolute Gasteiger partial charge is 0.230 e. The average Bonchev–Trinajstić information content (AvgIpc) is 2.93. The number of carbonyl (C=O) groups excluding carboxylic acids is 1. The summed E-state index contributed by atoms with van der Waals surface area (Å²) in [6, 6.07) is 6.58. The third kappa shape index (κ3) is 2.56. The van der Waals surface area contributed by atoms with Crippen LogP contribution in [0.25, 0.3) is 16.5 Å². The van der Waals surface area contributed by atoms with E-state index in [0.29, 0.717) is 0 Å². The summed E-state index contributed by atoms with van der Waals surface area (Å²) in [5.41, 5.74) is 4.86. The van der Waals surface area contributed by atoms with Gasteiger partial charge >= 0.3 is 0 Å². The van der Waals surface area contributed by atoms with E-state index in [1.165, 1.54) is 22.1 Å². The second kappa shape index (κ2) is 6.29. The lowest BCUT2D eigenvalue weighted by molar-refractivity contribution is -0.134. The quantitative estimate of drug-likeness (QED) is 0.853. The van der Waals surface area contributed by atoms with E-state index in [0.717, 1.165) is 29.8 Å². The van der Waals surface area contributed by atoms with Gasteiger partial charge in [-0.15, -0.1) is 0 Å². The molecule has 0 fully saturated rings. The van der Waals surface area contributed by atoms with Crippen LogP contribution in [0, 0.1) is 12.3 Å². The number of amides is 1. The van der Waals surface area contributed by atoms with Crippen molar-refractivity contribution in [3.63, 3.8) is 0 Å². The summed E-state index contributed by atoms with van der Waals surface area (Å²) >= 11 is 3.66. The molecule has 1 aromatic carbocycles. The van der Waals surface area contributed by atoms with Crippen molar-refractivity contribution in [2.45, 2.75) is 19.9 Å². The van der Waals surface area contributed by atoms with Crippen molar-refractivity contribution in [3.8, 4) is 0 Å². The van der Waals surface area contributed by atoms with Crippen LogP contribution in [0.2, 0.25) is 0 Å². The van der Waals surface area contributed by atoms with Gasteiger partial charge in [0.25, 0.3) is 0 Å². The fourth-order valence-electron chi connectivity index (χ4n) is 4.21. The fourth-order valence-corrected chi connectivity index (χ4v) is 4.76. The Bertz CT molecular complexity index is 865. The summed E-state index contributed by atoms with van der Waals surface area (Å²) in [6.07, 6.45) is 4.51. The molecule has 0 saturated heterocycles. The Labute approximate surface area is 157 Å². The lowest BCUT2D eigenvalue weighted by Gasteiger charge is -2.40.